The predicted octanol–water partition coefficient (Wildman–Crippen LogP) is -0.690. The van der Waals surface area contributed by atoms with Gasteiger partial charge in [-0.05, 0) is 33.0 Å². The van der Waals surface area contributed by atoms with E-state index in [0.717, 1.165) is 25.9 Å². The minimum Gasteiger partial charge on any atom is -0.480 e. The Morgan fingerprint density at radius 1 is 1.26 bits per heavy atom. The Labute approximate surface area is 112 Å². The summed E-state index contributed by atoms with van der Waals surface area (Å²) in [5.74, 6) is -1.06. The maximum Gasteiger partial charge on any atom is 0.326 e. The lowest BCUT2D eigenvalue weighted by atomic mass is 10.1. The summed E-state index contributed by atoms with van der Waals surface area (Å²) >= 11 is 0. The van der Waals surface area contributed by atoms with E-state index in [0.29, 0.717) is 0 Å². The molecule has 2 saturated heterocycles. The maximum absolute atomic E-state index is 12.1. The summed E-state index contributed by atoms with van der Waals surface area (Å²) in [5.41, 5.74) is 0. The van der Waals surface area contributed by atoms with E-state index in [9.17, 15) is 14.7 Å². The number of nitrogens with zero attached hydrogens (tertiary/aromatic N) is 2. The predicted molar refractivity (Wildman–Crippen MR) is 67.8 cm³/mol. The van der Waals surface area contributed by atoms with E-state index in [1.54, 1.807) is 0 Å². The number of urea groups is 1. The van der Waals surface area contributed by atoms with Gasteiger partial charge in [0.15, 0.2) is 0 Å². The van der Waals surface area contributed by atoms with Gasteiger partial charge in [0.05, 0.1) is 6.10 Å². The topological polar surface area (TPSA) is 93.1 Å². The van der Waals surface area contributed by atoms with Crippen molar-refractivity contribution < 1.29 is 19.8 Å². The molecule has 0 aromatic heterocycles. The first-order valence-corrected chi connectivity index (χ1v) is 6.64. The third-order valence-electron chi connectivity index (χ3n) is 3.87. The summed E-state index contributed by atoms with van der Waals surface area (Å²) in [5, 5.41) is 21.4. The van der Waals surface area contributed by atoms with Crippen LogP contribution in [0.3, 0.4) is 0 Å². The van der Waals surface area contributed by atoms with Gasteiger partial charge in [0, 0.05) is 19.0 Å². The van der Waals surface area contributed by atoms with Crippen molar-refractivity contribution in [2.24, 2.45) is 0 Å². The van der Waals surface area contributed by atoms with E-state index in [1.807, 2.05) is 7.05 Å². The molecule has 0 aromatic rings. The molecular formula is C12H21N3O4. The second kappa shape index (κ2) is 5.75. The van der Waals surface area contributed by atoms with Crippen molar-refractivity contribution >= 4 is 12.0 Å². The van der Waals surface area contributed by atoms with Crippen LogP contribution in [0.2, 0.25) is 0 Å². The summed E-state index contributed by atoms with van der Waals surface area (Å²) in [4.78, 5) is 26.6. The van der Waals surface area contributed by atoms with Crippen LogP contribution in [0.4, 0.5) is 4.79 Å². The van der Waals surface area contributed by atoms with E-state index >= 15 is 0 Å². The minimum absolute atomic E-state index is 0.0927. The fourth-order valence-electron chi connectivity index (χ4n) is 2.68. The van der Waals surface area contributed by atoms with Crippen molar-refractivity contribution in [3.63, 3.8) is 0 Å². The highest BCUT2D eigenvalue weighted by atomic mass is 16.4. The number of β-amino-alcohol motifs (C(OH)–C–C–N with tert-alkyl or cyclic N) is 1. The molecule has 0 saturated carbocycles. The molecule has 2 heterocycles. The van der Waals surface area contributed by atoms with Crippen molar-refractivity contribution in [2.75, 3.05) is 26.7 Å². The number of rotatable bonds is 2. The van der Waals surface area contributed by atoms with Gasteiger partial charge in [0.1, 0.15) is 6.04 Å². The molecule has 7 nitrogen and oxygen atoms in total. The Morgan fingerprint density at radius 3 is 2.47 bits per heavy atom. The third kappa shape index (κ3) is 3.36. The van der Waals surface area contributed by atoms with Crippen molar-refractivity contribution in [2.45, 2.75) is 37.5 Å². The molecule has 2 aliphatic heterocycles. The summed E-state index contributed by atoms with van der Waals surface area (Å²) < 4.78 is 0. The number of carbonyl (C=O) groups is 2. The zero-order chi connectivity index (χ0) is 14.0. The molecule has 19 heavy (non-hydrogen) atoms. The molecule has 2 atom stereocenters. The molecule has 1 unspecified atom stereocenters. The number of aliphatic hydroxyl groups excluding tert-OH is 1. The number of aliphatic carboxylic acids is 1. The number of nitrogens with one attached hydrogen (secondary N) is 1. The zero-order valence-electron chi connectivity index (χ0n) is 11.1. The molecule has 0 aliphatic carbocycles. The zero-order valence-corrected chi connectivity index (χ0v) is 11.1. The molecule has 108 valence electrons. The minimum atomic E-state index is -1.06. The third-order valence-corrected chi connectivity index (χ3v) is 3.87. The number of piperidine rings is 1. The van der Waals surface area contributed by atoms with Crippen LogP contribution in [0.1, 0.15) is 19.3 Å². The van der Waals surface area contributed by atoms with Gasteiger partial charge in [-0.2, -0.15) is 0 Å². The summed E-state index contributed by atoms with van der Waals surface area (Å²) in [6.45, 7) is 1.95. The van der Waals surface area contributed by atoms with Gasteiger partial charge >= 0.3 is 12.0 Å². The van der Waals surface area contributed by atoms with Gasteiger partial charge in [0.25, 0.3) is 0 Å². The molecule has 0 radical (unpaired) electrons. The highest BCUT2D eigenvalue weighted by Gasteiger charge is 2.39. The van der Waals surface area contributed by atoms with Gasteiger partial charge in [0.2, 0.25) is 0 Å². The summed E-state index contributed by atoms with van der Waals surface area (Å²) in [6, 6.07) is -1.20. The molecule has 2 aliphatic rings. The quantitative estimate of drug-likeness (QED) is 0.618. The lowest BCUT2D eigenvalue weighted by molar-refractivity contribution is -0.141. The molecule has 7 heteroatoms. The van der Waals surface area contributed by atoms with Gasteiger partial charge in [-0.25, -0.2) is 9.59 Å². The maximum atomic E-state index is 12.1. The molecule has 3 N–H and O–H groups in total. The number of hydrogen-bond acceptors (Lipinski definition) is 4. The Hall–Kier alpha value is -1.34. The standard InChI is InChI=1S/C12H21N3O4/c1-14-4-2-8(3-5-14)13-12(19)15-7-9(16)6-10(15)11(17)18/h8-10,16H,2-7H2,1H3,(H,13,19)(H,17,18)/t9?,10-/m0/s1. The Kier molecular flexibility index (Phi) is 4.26. The number of carboxylic acids is 1. The average molecular weight is 271 g/mol. The van der Waals surface area contributed by atoms with Crippen LogP contribution in [-0.2, 0) is 4.79 Å². The largest absolute Gasteiger partial charge is 0.480 e. The smallest absolute Gasteiger partial charge is 0.326 e. The first kappa shape index (κ1) is 14.1. The normalized spacial score (nSPS) is 29.5. The Morgan fingerprint density at radius 2 is 1.89 bits per heavy atom. The van der Waals surface area contributed by atoms with Crippen molar-refractivity contribution in [1.82, 2.24) is 15.1 Å². The van der Waals surface area contributed by atoms with Gasteiger partial charge in [-0.1, -0.05) is 0 Å². The number of carboxylic acid groups (broad SMARTS) is 1. The number of hydrogen-bond donors (Lipinski definition) is 3. The fraction of sp³-hybridized carbons (Fsp3) is 0.833. The van der Waals surface area contributed by atoms with Crippen LogP contribution in [0.25, 0.3) is 0 Å². The summed E-state index contributed by atoms with van der Waals surface area (Å²) in [7, 11) is 2.04. The average Bonchev–Trinajstić information content (AvgIpc) is 2.74. The van der Waals surface area contributed by atoms with E-state index in [2.05, 4.69) is 10.2 Å². The van der Waals surface area contributed by atoms with E-state index in [1.165, 1.54) is 4.90 Å². The molecule has 0 bridgehead atoms. The van der Waals surface area contributed by atoms with E-state index in [4.69, 9.17) is 5.11 Å². The van der Waals surface area contributed by atoms with Crippen LogP contribution in [0.15, 0.2) is 0 Å². The Balaban J connectivity index is 1.90. The molecule has 2 rings (SSSR count). The first-order chi connectivity index (χ1) is 8.97. The highest BCUT2D eigenvalue weighted by molar-refractivity contribution is 5.83. The van der Waals surface area contributed by atoms with Crippen LogP contribution < -0.4 is 5.32 Å². The van der Waals surface area contributed by atoms with Gasteiger partial charge in [-0.15, -0.1) is 0 Å². The number of likely N-dealkylation sites (tertiary alicyclic amines) is 2. The molecule has 0 aromatic carbocycles. The monoisotopic (exact) mass is 271 g/mol. The van der Waals surface area contributed by atoms with Crippen molar-refractivity contribution in [3.05, 3.63) is 0 Å². The van der Waals surface area contributed by atoms with Crippen LogP contribution >= 0.6 is 0 Å². The molecule has 2 fully saturated rings. The fourth-order valence-corrected chi connectivity index (χ4v) is 2.68. The van der Waals surface area contributed by atoms with E-state index in [-0.39, 0.29) is 25.0 Å². The number of aliphatic hydroxyl groups is 1. The van der Waals surface area contributed by atoms with E-state index < -0.39 is 18.1 Å². The van der Waals surface area contributed by atoms with Gasteiger partial charge < -0.3 is 25.3 Å². The molecule has 0 spiro atoms. The lowest BCUT2D eigenvalue weighted by Gasteiger charge is -2.31. The number of amides is 2. The SMILES string of the molecule is CN1CCC(NC(=O)N2CC(O)C[C@H]2C(=O)O)CC1. The molecule has 2 amide bonds. The second-order valence-electron chi connectivity index (χ2n) is 5.42. The van der Waals surface area contributed by atoms with Crippen molar-refractivity contribution in [1.29, 1.82) is 0 Å². The van der Waals surface area contributed by atoms with Crippen LogP contribution in [0, 0.1) is 0 Å². The first-order valence-electron chi connectivity index (χ1n) is 6.64. The lowest BCUT2D eigenvalue weighted by Crippen LogP contribution is -2.51. The Bertz CT molecular complexity index is 355. The number of carbonyl (C=O) groups excluding carboxylic acids is 1. The van der Waals surface area contributed by atoms with Gasteiger partial charge in [-0.3, -0.25) is 0 Å². The van der Waals surface area contributed by atoms with Crippen molar-refractivity contribution in [3.8, 4) is 0 Å². The molecular weight excluding hydrogens is 250 g/mol. The van der Waals surface area contributed by atoms with Crippen LogP contribution in [-0.4, -0.2) is 76.9 Å². The highest BCUT2D eigenvalue weighted by Crippen LogP contribution is 2.19. The second-order valence-corrected chi connectivity index (χ2v) is 5.42. The summed E-state index contributed by atoms with van der Waals surface area (Å²) in [6.07, 6.45) is 1.10. The van der Waals surface area contributed by atoms with Crippen LogP contribution in [0.5, 0.6) is 0 Å².